The van der Waals surface area contributed by atoms with Crippen LogP contribution in [0.5, 0.6) is 11.5 Å². The number of anilines is 1. The molecule has 8 nitrogen and oxygen atoms in total. The van der Waals surface area contributed by atoms with E-state index in [1.807, 2.05) is 0 Å². The molecule has 0 bridgehead atoms. The second-order valence-electron chi connectivity index (χ2n) is 5.40. The highest BCUT2D eigenvalue weighted by Gasteiger charge is 2.26. The molecule has 0 aliphatic carbocycles. The Labute approximate surface area is 160 Å². The molecule has 0 spiro atoms. The summed E-state index contributed by atoms with van der Waals surface area (Å²) in [6, 6.07) is 4.68. The van der Waals surface area contributed by atoms with Gasteiger partial charge < -0.3 is 25.3 Å². The fourth-order valence-electron chi connectivity index (χ4n) is 2.40. The van der Waals surface area contributed by atoms with Crippen molar-refractivity contribution < 1.29 is 28.6 Å². The number of carbonyl (C=O) groups excluding carboxylic acids is 3. The van der Waals surface area contributed by atoms with Crippen molar-refractivity contribution in [3.63, 3.8) is 0 Å². The number of nitrogens with one attached hydrogen (secondary N) is 1. The molecule has 1 aromatic heterocycles. The van der Waals surface area contributed by atoms with Gasteiger partial charge in [-0.05, 0) is 31.5 Å². The van der Waals surface area contributed by atoms with Crippen molar-refractivity contribution in [1.82, 2.24) is 0 Å². The Morgan fingerprint density at radius 2 is 1.70 bits per heavy atom. The van der Waals surface area contributed by atoms with Gasteiger partial charge in [0, 0.05) is 11.6 Å². The number of hydrogen-bond donors (Lipinski definition) is 2. The van der Waals surface area contributed by atoms with Gasteiger partial charge in [-0.15, -0.1) is 11.3 Å². The first-order valence-electron chi connectivity index (χ1n) is 7.97. The predicted molar refractivity (Wildman–Crippen MR) is 101 cm³/mol. The van der Waals surface area contributed by atoms with Crippen LogP contribution in [-0.2, 0) is 4.74 Å². The molecule has 1 aromatic carbocycles. The van der Waals surface area contributed by atoms with Gasteiger partial charge in [-0.1, -0.05) is 0 Å². The smallest absolute Gasteiger partial charge is 0.341 e. The maximum Gasteiger partial charge on any atom is 0.341 e. The molecule has 0 saturated carbocycles. The van der Waals surface area contributed by atoms with Crippen LogP contribution in [0.1, 0.15) is 42.9 Å². The van der Waals surface area contributed by atoms with Crippen molar-refractivity contribution in [1.29, 1.82) is 0 Å². The molecule has 144 valence electrons. The van der Waals surface area contributed by atoms with Crippen LogP contribution >= 0.6 is 11.3 Å². The summed E-state index contributed by atoms with van der Waals surface area (Å²) in [6.45, 7) is 3.39. The molecular weight excluding hydrogens is 372 g/mol. The van der Waals surface area contributed by atoms with Gasteiger partial charge in [0.1, 0.15) is 16.5 Å². The normalized spacial score (nSPS) is 10.2. The van der Waals surface area contributed by atoms with Gasteiger partial charge in [0.2, 0.25) is 0 Å². The molecule has 2 aromatic rings. The van der Waals surface area contributed by atoms with Crippen molar-refractivity contribution in [3.05, 3.63) is 39.8 Å². The van der Waals surface area contributed by atoms with Crippen LogP contribution in [0.3, 0.4) is 0 Å². The molecule has 0 radical (unpaired) electrons. The molecule has 2 amide bonds. The number of benzene rings is 1. The zero-order valence-corrected chi connectivity index (χ0v) is 16.2. The average Bonchev–Trinajstić information content (AvgIpc) is 2.97. The molecule has 9 heteroatoms. The van der Waals surface area contributed by atoms with E-state index in [0.29, 0.717) is 17.1 Å². The minimum absolute atomic E-state index is 0.110. The molecule has 0 aliphatic rings. The molecule has 3 N–H and O–H groups in total. The van der Waals surface area contributed by atoms with E-state index in [2.05, 4.69) is 5.32 Å². The number of nitrogens with two attached hydrogens (primary N) is 1. The van der Waals surface area contributed by atoms with Crippen LogP contribution in [0.2, 0.25) is 0 Å². The van der Waals surface area contributed by atoms with Crippen molar-refractivity contribution in [3.8, 4) is 11.5 Å². The highest BCUT2D eigenvalue weighted by Crippen LogP contribution is 2.34. The summed E-state index contributed by atoms with van der Waals surface area (Å²) >= 11 is 0.921. The number of carbonyl (C=O) groups is 3. The van der Waals surface area contributed by atoms with Crippen LogP contribution < -0.4 is 20.5 Å². The number of methoxy groups -OCH3 is 2. The Kier molecular flexibility index (Phi) is 6.40. The van der Waals surface area contributed by atoms with Crippen molar-refractivity contribution in [2.24, 2.45) is 5.73 Å². The second kappa shape index (κ2) is 8.54. The highest BCUT2D eigenvalue weighted by atomic mass is 32.1. The lowest BCUT2D eigenvalue weighted by Crippen LogP contribution is -2.15. The number of amides is 2. The van der Waals surface area contributed by atoms with E-state index >= 15 is 0 Å². The summed E-state index contributed by atoms with van der Waals surface area (Å²) in [5, 5.41) is 2.83. The predicted octanol–water partition coefficient (Wildman–Crippen LogP) is 2.60. The zero-order chi connectivity index (χ0) is 20.1. The van der Waals surface area contributed by atoms with E-state index in [4.69, 9.17) is 19.9 Å². The fourth-order valence-corrected chi connectivity index (χ4v) is 3.44. The summed E-state index contributed by atoms with van der Waals surface area (Å²) in [5.41, 5.74) is 6.09. The summed E-state index contributed by atoms with van der Waals surface area (Å²) in [4.78, 5) is 36.8. The quantitative estimate of drug-likeness (QED) is 0.700. The van der Waals surface area contributed by atoms with Gasteiger partial charge in [0.05, 0.1) is 31.3 Å². The molecule has 1 heterocycles. The highest BCUT2D eigenvalue weighted by molar-refractivity contribution is 7.18. The number of ether oxygens (including phenoxy) is 3. The lowest BCUT2D eigenvalue weighted by Gasteiger charge is -2.10. The van der Waals surface area contributed by atoms with Crippen LogP contribution in [0.25, 0.3) is 0 Å². The minimum Gasteiger partial charge on any atom is -0.497 e. The number of thiophene rings is 1. The van der Waals surface area contributed by atoms with Crippen LogP contribution in [0, 0.1) is 6.92 Å². The third-order valence-corrected chi connectivity index (χ3v) is 4.91. The summed E-state index contributed by atoms with van der Waals surface area (Å²) in [7, 11) is 2.94. The monoisotopic (exact) mass is 392 g/mol. The van der Waals surface area contributed by atoms with E-state index < -0.39 is 17.8 Å². The third-order valence-electron chi connectivity index (χ3n) is 3.69. The van der Waals surface area contributed by atoms with E-state index in [0.717, 1.165) is 11.3 Å². The van der Waals surface area contributed by atoms with Gasteiger partial charge in [0.15, 0.2) is 0 Å². The lowest BCUT2D eigenvalue weighted by molar-refractivity contribution is 0.0527. The van der Waals surface area contributed by atoms with E-state index in [1.54, 1.807) is 19.9 Å². The molecular formula is C18H20N2O6S. The minimum atomic E-state index is -0.688. The maximum atomic E-state index is 12.7. The molecule has 0 saturated heterocycles. The first-order chi connectivity index (χ1) is 12.8. The van der Waals surface area contributed by atoms with Crippen LogP contribution in [0.15, 0.2) is 18.2 Å². The number of hydrogen-bond acceptors (Lipinski definition) is 7. The number of rotatable bonds is 7. The molecule has 0 unspecified atom stereocenters. The summed E-state index contributed by atoms with van der Waals surface area (Å²) in [5.74, 6) is -0.963. The van der Waals surface area contributed by atoms with E-state index in [1.165, 1.54) is 26.4 Å². The fraction of sp³-hybridized carbons (Fsp3) is 0.278. The standard InChI is InChI=1S/C18H20N2O6S/c1-5-26-18(23)13-9(2)14(15(19)21)27-17(13)20-16(22)10-6-11(24-3)8-12(7-10)25-4/h6-8H,5H2,1-4H3,(H2,19,21)(H,20,22). The van der Waals surface area contributed by atoms with Gasteiger partial charge in [0.25, 0.3) is 11.8 Å². The van der Waals surface area contributed by atoms with Crippen molar-refractivity contribution in [2.45, 2.75) is 13.8 Å². The second-order valence-corrected chi connectivity index (χ2v) is 6.42. The lowest BCUT2D eigenvalue weighted by atomic mass is 10.1. The van der Waals surface area contributed by atoms with Crippen molar-refractivity contribution >= 4 is 34.1 Å². The average molecular weight is 392 g/mol. The Balaban J connectivity index is 2.44. The van der Waals surface area contributed by atoms with E-state index in [-0.39, 0.29) is 27.6 Å². The van der Waals surface area contributed by atoms with E-state index in [9.17, 15) is 14.4 Å². The van der Waals surface area contributed by atoms with Gasteiger partial charge in [-0.25, -0.2) is 4.79 Å². The summed E-state index contributed by atoms with van der Waals surface area (Å²) < 4.78 is 15.3. The first-order valence-corrected chi connectivity index (χ1v) is 8.78. The zero-order valence-electron chi connectivity index (χ0n) is 15.4. The number of primary amides is 1. The number of esters is 1. The first kappa shape index (κ1) is 20.2. The van der Waals surface area contributed by atoms with Gasteiger partial charge in [-0.3, -0.25) is 9.59 Å². The Morgan fingerprint density at radius 1 is 1.11 bits per heavy atom. The molecule has 0 fully saturated rings. The Hall–Kier alpha value is -3.07. The Morgan fingerprint density at radius 3 is 2.19 bits per heavy atom. The van der Waals surface area contributed by atoms with Crippen LogP contribution in [0.4, 0.5) is 5.00 Å². The third kappa shape index (κ3) is 4.37. The molecule has 0 atom stereocenters. The Bertz CT molecular complexity index is 868. The maximum absolute atomic E-state index is 12.7. The molecule has 27 heavy (non-hydrogen) atoms. The topological polar surface area (TPSA) is 117 Å². The molecule has 2 rings (SSSR count). The van der Waals surface area contributed by atoms with Crippen LogP contribution in [-0.4, -0.2) is 38.6 Å². The van der Waals surface area contributed by atoms with Crippen molar-refractivity contribution in [2.75, 3.05) is 26.1 Å². The van der Waals surface area contributed by atoms with Gasteiger partial charge >= 0.3 is 5.97 Å². The summed E-state index contributed by atoms with van der Waals surface area (Å²) in [6.07, 6.45) is 0. The van der Waals surface area contributed by atoms with Gasteiger partial charge in [-0.2, -0.15) is 0 Å². The SMILES string of the molecule is CCOC(=O)c1c(NC(=O)c2cc(OC)cc(OC)c2)sc(C(N)=O)c1C. The largest absolute Gasteiger partial charge is 0.497 e. The molecule has 0 aliphatic heterocycles.